The van der Waals surface area contributed by atoms with E-state index in [1.54, 1.807) is 0 Å². The smallest absolute Gasteiger partial charge is 0.309 e. The van der Waals surface area contributed by atoms with E-state index in [0.29, 0.717) is 12.5 Å². The number of hydrogen-bond donors (Lipinski definition) is 0. The molecule has 2 bridgehead atoms. The fourth-order valence-electron chi connectivity index (χ4n) is 3.37. The molecular weight excluding hydrogens is 212 g/mol. The van der Waals surface area contributed by atoms with Gasteiger partial charge in [0.05, 0.1) is 5.92 Å². The minimum absolute atomic E-state index is 0.0288. The number of rotatable bonds is 3. The quantitative estimate of drug-likeness (QED) is 0.745. The summed E-state index contributed by atoms with van der Waals surface area (Å²) in [5, 5.41) is 0. The summed E-state index contributed by atoms with van der Waals surface area (Å²) >= 11 is 0. The van der Waals surface area contributed by atoms with E-state index >= 15 is 0 Å². The van der Waals surface area contributed by atoms with Crippen molar-refractivity contribution in [2.24, 2.45) is 17.8 Å². The van der Waals surface area contributed by atoms with Crippen LogP contribution < -0.4 is 0 Å². The summed E-state index contributed by atoms with van der Waals surface area (Å²) in [5.74, 6) is 1.64. The van der Waals surface area contributed by atoms with Crippen molar-refractivity contribution in [2.75, 3.05) is 0 Å². The minimum Gasteiger partial charge on any atom is -0.461 e. The first-order chi connectivity index (χ1) is 8.33. The number of hydrogen-bond acceptors (Lipinski definition) is 2. The Bertz CT molecular complexity index is 399. The van der Waals surface area contributed by atoms with Crippen LogP contribution in [-0.4, -0.2) is 5.97 Å². The van der Waals surface area contributed by atoms with Crippen molar-refractivity contribution in [2.45, 2.75) is 32.3 Å². The van der Waals surface area contributed by atoms with Crippen LogP contribution in [0.2, 0.25) is 0 Å². The van der Waals surface area contributed by atoms with Crippen LogP contribution in [0.1, 0.15) is 31.2 Å². The van der Waals surface area contributed by atoms with Crippen molar-refractivity contribution in [3.05, 3.63) is 35.9 Å². The standard InChI is InChI=1S/C15H18O2/c16-15(14-9-12-6-7-13(14)8-12)17-10-11-4-2-1-3-5-11/h1-5,12-14H,6-10H2. The highest BCUT2D eigenvalue weighted by atomic mass is 16.5. The molecule has 0 aliphatic heterocycles. The van der Waals surface area contributed by atoms with Gasteiger partial charge in [0.25, 0.3) is 0 Å². The maximum Gasteiger partial charge on any atom is 0.309 e. The highest BCUT2D eigenvalue weighted by molar-refractivity contribution is 5.73. The van der Waals surface area contributed by atoms with E-state index in [1.807, 2.05) is 30.3 Å². The fourth-order valence-corrected chi connectivity index (χ4v) is 3.37. The molecule has 0 saturated heterocycles. The summed E-state index contributed by atoms with van der Waals surface area (Å²) < 4.78 is 5.43. The Morgan fingerprint density at radius 1 is 1.18 bits per heavy atom. The van der Waals surface area contributed by atoms with E-state index in [-0.39, 0.29) is 11.9 Å². The third kappa shape index (κ3) is 2.21. The lowest BCUT2D eigenvalue weighted by atomic mass is 9.89. The normalized spacial score (nSPS) is 30.5. The Hall–Kier alpha value is -1.31. The van der Waals surface area contributed by atoms with Crippen LogP contribution in [0, 0.1) is 17.8 Å². The zero-order valence-corrected chi connectivity index (χ0v) is 9.97. The summed E-state index contributed by atoms with van der Waals surface area (Å²) in [6.45, 7) is 0.424. The maximum absolute atomic E-state index is 12.0. The molecule has 2 fully saturated rings. The van der Waals surface area contributed by atoms with Gasteiger partial charge in [0.15, 0.2) is 0 Å². The third-order valence-corrected chi connectivity index (χ3v) is 4.26. The van der Waals surface area contributed by atoms with E-state index in [2.05, 4.69) is 0 Å². The van der Waals surface area contributed by atoms with Crippen molar-refractivity contribution < 1.29 is 9.53 Å². The highest BCUT2D eigenvalue weighted by Gasteiger charge is 2.43. The Balaban J connectivity index is 1.54. The summed E-state index contributed by atoms with van der Waals surface area (Å²) in [6, 6.07) is 9.91. The average Bonchev–Trinajstić information content (AvgIpc) is 2.99. The van der Waals surface area contributed by atoms with Gasteiger partial charge >= 0.3 is 5.97 Å². The minimum atomic E-state index is 0.0288. The van der Waals surface area contributed by atoms with Gasteiger partial charge in [-0.25, -0.2) is 0 Å². The van der Waals surface area contributed by atoms with Gasteiger partial charge in [-0.05, 0) is 36.7 Å². The molecule has 2 saturated carbocycles. The highest BCUT2D eigenvalue weighted by Crippen LogP contribution is 2.48. The molecule has 3 rings (SSSR count). The summed E-state index contributed by atoms with van der Waals surface area (Å²) in [7, 11) is 0. The van der Waals surface area contributed by atoms with Gasteiger partial charge in [0.1, 0.15) is 6.61 Å². The SMILES string of the molecule is O=C(OCc1ccccc1)C1CC2CCC1C2. The largest absolute Gasteiger partial charge is 0.461 e. The molecule has 0 radical (unpaired) electrons. The second-order valence-corrected chi connectivity index (χ2v) is 5.37. The monoisotopic (exact) mass is 230 g/mol. The molecule has 0 heterocycles. The van der Waals surface area contributed by atoms with Crippen LogP contribution in [0.15, 0.2) is 30.3 Å². The van der Waals surface area contributed by atoms with Crippen molar-refractivity contribution in [3.63, 3.8) is 0 Å². The average molecular weight is 230 g/mol. The second-order valence-electron chi connectivity index (χ2n) is 5.37. The van der Waals surface area contributed by atoms with E-state index < -0.39 is 0 Å². The zero-order valence-electron chi connectivity index (χ0n) is 9.97. The number of esters is 1. The Morgan fingerprint density at radius 3 is 2.65 bits per heavy atom. The van der Waals surface area contributed by atoms with Gasteiger partial charge in [0, 0.05) is 0 Å². The van der Waals surface area contributed by atoms with Crippen LogP contribution in [0.4, 0.5) is 0 Å². The molecule has 2 aliphatic carbocycles. The van der Waals surface area contributed by atoms with Gasteiger partial charge in [-0.15, -0.1) is 0 Å². The first-order valence-electron chi connectivity index (χ1n) is 6.53. The third-order valence-electron chi connectivity index (χ3n) is 4.26. The lowest BCUT2D eigenvalue weighted by Gasteiger charge is -2.19. The van der Waals surface area contributed by atoms with Crippen LogP contribution in [0.25, 0.3) is 0 Å². The van der Waals surface area contributed by atoms with Gasteiger partial charge in [-0.2, -0.15) is 0 Å². The number of fused-ring (bicyclic) bond motifs is 2. The van der Waals surface area contributed by atoms with Crippen molar-refractivity contribution in [1.29, 1.82) is 0 Å². The first-order valence-corrected chi connectivity index (χ1v) is 6.53. The molecule has 2 nitrogen and oxygen atoms in total. The van der Waals surface area contributed by atoms with Gasteiger partial charge in [0.2, 0.25) is 0 Å². The first kappa shape index (κ1) is 10.8. The maximum atomic E-state index is 12.0. The fraction of sp³-hybridized carbons (Fsp3) is 0.533. The van der Waals surface area contributed by atoms with Gasteiger partial charge < -0.3 is 4.74 Å². The van der Waals surface area contributed by atoms with E-state index in [0.717, 1.165) is 17.9 Å². The molecular formula is C15H18O2. The molecule has 17 heavy (non-hydrogen) atoms. The Morgan fingerprint density at radius 2 is 2.00 bits per heavy atom. The molecule has 0 N–H and O–H groups in total. The van der Waals surface area contributed by atoms with Crippen molar-refractivity contribution in [3.8, 4) is 0 Å². The number of carbonyl (C=O) groups is 1. The van der Waals surface area contributed by atoms with E-state index in [4.69, 9.17) is 4.74 Å². The zero-order chi connectivity index (χ0) is 11.7. The number of carbonyl (C=O) groups excluding carboxylic acids is 1. The molecule has 0 spiro atoms. The predicted molar refractivity (Wildman–Crippen MR) is 65.2 cm³/mol. The topological polar surface area (TPSA) is 26.3 Å². The molecule has 1 aromatic rings. The molecule has 1 aromatic carbocycles. The Labute approximate surface area is 102 Å². The van der Waals surface area contributed by atoms with Crippen LogP contribution in [-0.2, 0) is 16.1 Å². The predicted octanol–water partition coefficient (Wildman–Crippen LogP) is 3.17. The van der Waals surface area contributed by atoms with Crippen LogP contribution >= 0.6 is 0 Å². The lowest BCUT2D eigenvalue weighted by Crippen LogP contribution is -2.23. The Kier molecular flexibility index (Phi) is 2.87. The number of ether oxygens (including phenoxy) is 1. The summed E-state index contributed by atoms with van der Waals surface area (Å²) in [4.78, 5) is 12.0. The molecule has 3 unspecified atom stereocenters. The second kappa shape index (κ2) is 4.52. The van der Waals surface area contributed by atoms with Crippen molar-refractivity contribution >= 4 is 5.97 Å². The summed E-state index contributed by atoms with van der Waals surface area (Å²) in [5.41, 5.74) is 1.07. The molecule has 2 heteroatoms. The molecule has 90 valence electrons. The van der Waals surface area contributed by atoms with E-state index in [1.165, 1.54) is 19.3 Å². The summed E-state index contributed by atoms with van der Waals surface area (Å²) in [6.07, 6.45) is 4.88. The lowest BCUT2D eigenvalue weighted by molar-refractivity contribution is -0.151. The molecule has 2 aliphatic rings. The molecule has 0 amide bonds. The number of benzene rings is 1. The van der Waals surface area contributed by atoms with Crippen LogP contribution in [0.3, 0.4) is 0 Å². The van der Waals surface area contributed by atoms with Gasteiger partial charge in [-0.1, -0.05) is 36.8 Å². The molecule has 0 aromatic heterocycles. The van der Waals surface area contributed by atoms with Crippen LogP contribution in [0.5, 0.6) is 0 Å². The molecule has 3 atom stereocenters. The van der Waals surface area contributed by atoms with Crippen molar-refractivity contribution in [1.82, 2.24) is 0 Å². The van der Waals surface area contributed by atoms with E-state index in [9.17, 15) is 4.79 Å². The van der Waals surface area contributed by atoms with Gasteiger partial charge in [-0.3, -0.25) is 4.79 Å².